The average Bonchev–Trinajstić information content (AvgIpc) is 3.42. The van der Waals surface area contributed by atoms with Crippen molar-refractivity contribution in [1.29, 1.82) is 0 Å². The maximum absolute atomic E-state index is 13.2. The van der Waals surface area contributed by atoms with Gasteiger partial charge in [0.15, 0.2) is 5.13 Å². The van der Waals surface area contributed by atoms with Crippen LogP contribution in [-0.2, 0) is 13.1 Å². The summed E-state index contributed by atoms with van der Waals surface area (Å²) >= 11 is 1.36. The molecule has 0 aliphatic carbocycles. The number of thiazole rings is 1. The van der Waals surface area contributed by atoms with Crippen LogP contribution in [0.4, 0.5) is 5.13 Å². The van der Waals surface area contributed by atoms with Crippen LogP contribution in [0.3, 0.4) is 0 Å². The molecule has 10 heteroatoms. The van der Waals surface area contributed by atoms with E-state index >= 15 is 0 Å². The lowest BCUT2D eigenvalue weighted by Crippen LogP contribution is -2.26. The Morgan fingerprint density at radius 1 is 1.09 bits per heavy atom. The van der Waals surface area contributed by atoms with Gasteiger partial charge in [-0.3, -0.25) is 24.9 Å². The summed E-state index contributed by atoms with van der Waals surface area (Å²) in [7, 11) is 1.60. The number of nitrogens with one attached hydrogen (secondary N) is 1. The number of carbonyl (C=O) groups is 2. The molecule has 0 spiro atoms. The summed E-state index contributed by atoms with van der Waals surface area (Å²) in [5.41, 5.74) is 3.81. The second-order valence-electron chi connectivity index (χ2n) is 7.67. The molecule has 5 rings (SSSR count). The van der Waals surface area contributed by atoms with Crippen LogP contribution in [0, 0.1) is 6.92 Å². The van der Waals surface area contributed by atoms with E-state index in [9.17, 15) is 9.59 Å². The van der Waals surface area contributed by atoms with Crippen LogP contribution in [0.5, 0.6) is 5.75 Å². The molecule has 2 amide bonds. The number of benzene rings is 1. The van der Waals surface area contributed by atoms with E-state index in [0.717, 1.165) is 27.4 Å². The third kappa shape index (κ3) is 4.11. The van der Waals surface area contributed by atoms with Crippen molar-refractivity contribution < 1.29 is 14.3 Å². The van der Waals surface area contributed by atoms with E-state index in [0.29, 0.717) is 35.2 Å². The van der Waals surface area contributed by atoms with Gasteiger partial charge >= 0.3 is 0 Å². The van der Waals surface area contributed by atoms with Crippen LogP contribution in [0.2, 0.25) is 0 Å². The van der Waals surface area contributed by atoms with E-state index in [1.165, 1.54) is 29.9 Å². The Morgan fingerprint density at radius 2 is 1.94 bits per heavy atom. The van der Waals surface area contributed by atoms with Gasteiger partial charge in [-0.25, -0.2) is 9.97 Å². The van der Waals surface area contributed by atoms with Crippen LogP contribution in [-0.4, -0.2) is 43.8 Å². The van der Waals surface area contributed by atoms with Gasteiger partial charge in [-0.1, -0.05) is 29.5 Å². The van der Waals surface area contributed by atoms with E-state index in [1.807, 2.05) is 37.3 Å². The minimum absolute atomic E-state index is 0.198. The molecule has 1 aromatic carbocycles. The van der Waals surface area contributed by atoms with Crippen molar-refractivity contribution in [3.8, 4) is 16.9 Å². The molecule has 34 heavy (non-hydrogen) atoms. The summed E-state index contributed by atoms with van der Waals surface area (Å²) in [5.74, 6) is 0.160. The molecular formula is C24H20N6O3S. The molecule has 1 aliphatic rings. The third-order valence-electron chi connectivity index (χ3n) is 5.43. The van der Waals surface area contributed by atoms with E-state index in [4.69, 9.17) is 4.74 Å². The molecule has 1 N–H and O–H groups in total. The first kappa shape index (κ1) is 21.7. The number of hydrogen-bond acceptors (Lipinski definition) is 8. The average molecular weight is 473 g/mol. The molecule has 0 saturated heterocycles. The van der Waals surface area contributed by atoms with Gasteiger partial charge in [-0.05, 0) is 19.1 Å². The van der Waals surface area contributed by atoms with E-state index in [1.54, 1.807) is 18.2 Å². The Morgan fingerprint density at radius 3 is 2.71 bits per heavy atom. The minimum Gasteiger partial charge on any atom is -0.496 e. The number of methoxy groups -OCH3 is 1. The second-order valence-corrected chi connectivity index (χ2v) is 8.75. The lowest BCUT2D eigenvalue weighted by atomic mass is 9.99. The highest BCUT2D eigenvalue weighted by atomic mass is 32.1. The maximum atomic E-state index is 13.2. The fraction of sp³-hybridized carbons (Fsp3) is 0.167. The van der Waals surface area contributed by atoms with Crippen molar-refractivity contribution in [1.82, 2.24) is 24.8 Å². The van der Waals surface area contributed by atoms with Gasteiger partial charge in [-0.15, -0.1) is 0 Å². The Kier molecular flexibility index (Phi) is 5.72. The zero-order valence-corrected chi connectivity index (χ0v) is 19.3. The van der Waals surface area contributed by atoms with Crippen molar-refractivity contribution in [2.75, 3.05) is 12.4 Å². The van der Waals surface area contributed by atoms with E-state index in [2.05, 4.69) is 25.3 Å². The van der Waals surface area contributed by atoms with Crippen LogP contribution in [0.1, 0.15) is 37.1 Å². The van der Waals surface area contributed by atoms with Crippen molar-refractivity contribution in [3.63, 3.8) is 0 Å². The van der Waals surface area contributed by atoms with Crippen molar-refractivity contribution >= 4 is 28.3 Å². The van der Waals surface area contributed by atoms with Crippen LogP contribution in [0.15, 0.2) is 55.1 Å². The zero-order chi connectivity index (χ0) is 23.7. The number of aromatic nitrogens is 4. The predicted octanol–water partition coefficient (Wildman–Crippen LogP) is 3.72. The molecule has 0 unspecified atom stereocenters. The number of hydrogen-bond donors (Lipinski definition) is 1. The lowest BCUT2D eigenvalue weighted by molar-refractivity contribution is 0.0744. The molecule has 0 saturated carbocycles. The second kappa shape index (κ2) is 8.99. The van der Waals surface area contributed by atoms with Gasteiger partial charge in [0.1, 0.15) is 11.4 Å². The number of carbonyl (C=O) groups excluding carboxylic acids is 2. The summed E-state index contributed by atoms with van der Waals surface area (Å²) in [6.07, 6.45) is 6.03. The highest BCUT2D eigenvalue weighted by Crippen LogP contribution is 2.34. The highest BCUT2D eigenvalue weighted by Gasteiger charge is 2.29. The fourth-order valence-electron chi connectivity index (χ4n) is 3.80. The quantitative estimate of drug-likeness (QED) is 0.471. The molecule has 170 valence electrons. The number of anilines is 1. The predicted molar refractivity (Wildman–Crippen MR) is 127 cm³/mol. The smallest absolute Gasteiger partial charge is 0.274 e. The first-order valence-electron chi connectivity index (χ1n) is 10.5. The Labute approximate surface area is 199 Å². The number of rotatable bonds is 5. The SMILES string of the molecule is COc1ccccc1-c1cc(C)ncc1C(=O)Nc1nc2c(s1)CN(C(=O)c1cnccn1)C2. The molecule has 0 radical (unpaired) electrons. The summed E-state index contributed by atoms with van der Waals surface area (Å²) < 4.78 is 5.49. The fourth-order valence-corrected chi connectivity index (χ4v) is 4.79. The maximum Gasteiger partial charge on any atom is 0.274 e. The summed E-state index contributed by atoms with van der Waals surface area (Å²) in [5, 5.41) is 3.37. The lowest BCUT2D eigenvalue weighted by Gasteiger charge is -2.14. The van der Waals surface area contributed by atoms with Crippen molar-refractivity contribution in [2.45, 2.75) is 20.0 Å². The Balaban J connectivity index is 1.35. The summed E-state index contributed by atoms with van der Waals surface area (Å²) in [6, 6.07) is 9.40. The van der Waals surface area contributed by atoms with Crippen LogP contribution in [0.25, 0.3) is 11.1 Å². The van der Waals surface area contributed by atoms with Gasteiger partial charge < -0.3 is 9.64 Å². The van der Waals surface area contributed by atoms with Gasteiger partial charge in [0.2, 0.25) is 0 Å². The van der Waals surface area contributed by atoms with Crippen LogP contribution < -0.4 is 10.1 Å². The normalized spacial score (nSPS) is 12.4. The third-order valence-corrected chi connectivity index (χ3v) is 6.42. The first-order chi connectivity index (χ1) is 16.5. The number of pyridine rings is 1. The molecule has 4 heterocycles. The summed E-state index contributed by atoms with van der Waals surface area (Å²) in [4.78, 5) is 45.3. The molecule has 3 aromatic heterocycles. The first-order valence-corrected chi connectivity index (χ1v) is 11.3. The van der Waals surface area contributed by atoms with E-state index in [-0.39, 0.29) is 11.8 Å². The van der Waals surface area contributed by atoms with Crippen molar-refractivity contribution in [3.05, 3.63) is 82.6 Å². The molecular weight excluding hydrogens is 452 g/mol. The number of aryl methyl sites for hydroxylation is 1. The largest absolute Gasteiger partial charge is 0.496 e. The number of nitrogens with zero attached hydrogens (tertiary/aromatic N) is 5. The highest BCUT2D eigenvalue weighted by molar-refractivity contribution is 7.16. The van der Waals surface area contributed by atoms with E-state index < -0.39 is 0 Å². The Bertz CT molecular complexity index is 1370. The van der Waals surface area contributed by atoms with Gasteiger partial charge in [0.05, 0.1) is 42.5 Å². The van der Waals surface area contributed by atoms with Gasteiger partial charge in [-0.2, -0.15) is 0 Å². The molecule has 9 nitrogen and oxygen atoms in total. The molecule has 0 bridgehead atoms. The van der Waals surface area contributed by atoms with Gasteiger partial charge in [0.25, 0.3) is 11.8 Å². The molecule has 4 aromatic rings. The number of amides is 2. The number of para-hydroxylation sites is 1. The topological polar surface area (TPSA) is 110 Å². The van der Waals surface area contributed by atoms with Crippen LogP contribution >= 0.6 is 11.3 Å². The number of fused-ring (bicyclic) bond motifs is 1. The standard InChI is InChI=1S/C24H20N6O3S/c1-14-9-16(15-5-3-4-6-20(15)33-2)17(10-27-14)22(31)29-24-28-19-12-30(13-21(19)34-24)23(32)18-11-25-7-8-26-18/h3-11H,12-13H2,1-2H3,(H,28,29,31). The zero-order valence-electron chi connectivity index (χ0n) is 18.5. The minimum atomic E-state index is -0.312. The van der Waals surface area contributed by atoms with Gasteiger partial charge in [0, 0.05) is 35.4 Å². The Hall–Kier alpha value is -4.18. The molecule has 1 aliphatic heterocycles. The summed E-state index contributed by atoms with van der Waals surface area (Å²) in [6.45, 7) is 2.65. The molecule has 0 atom stereocenters. The number of ether oxygens (including phenoxy) is 1. The molecule has 0 fully saturated rings. The van der Waals surface area contributed by atoms with Crippen molar-refractivity contribution in [2.24, 2.45) is 0 Å². The monoisotopic (exact) mass is 472 g/mol.